The Balaban J connectivity index is 1.93. The minimum atomic E-state index is -0.00611. The highest BCUT2D eigenvalue weighted by molar-refractivity contribution is 5.76. The Hall–Kier alpha value is -2.17. The van der Waals surface area contributed by atoms with Crippen LogP contribution >= 0.6 is 0 Å². The molecule has 5 nitrogen and oxygen atoms in total. The molecule has 112 valence electrons. The Morgan fingerprint density at radius 1 is 1.29 bits per heavy atom. The van der Waals surface area contributed by atoms with Crippen LogP contribution in [0.1, 0.15) is 43.6 Å². The highest BCUT2D eigenvalue weighted by atomic mass is 16.5. The van der Waals surface area contributed by atoms with Crippen LogP contribution in [-0.2, 0) is 11.2 Å². The molecule has 0 radical (unpaired) electrons. The van der Waals surface area contributed by atoms with Crippen molar-refractivity contribution >= 4 is 5.91 Å². The van der Waals surface area contributed by atoms with Crippen molar-refractivity contribution in [2.75, 3.05) is 0 Å². The first-order chi connectivity index (χ1) is 10.1. The van der Waals surface area contributed by atoms with Gasteiger partial charge in [0, 0.05) is 12.8 Å². The van der Waals surface area contributed by atoms with Crippen LogP contribution in [-0.4, -0.2) is 16.0 Å². The number of carbonyl (C=O) groups excluding carboxylic acids is 1. The fourth-order valence-electron chi connectivity index (χ4n) is 2.20. The largest absolute Gasteiger partial charge is 0.349 e. The highest BCUT2D eigenvalue weighted by Crippen LogP contribution is 2.21. The van der Waals surface area contributed by atoms with Crippen molar-refractivity contribution in [3.05, 3.63) is 47.6 Å². The summed E-state index contributed by atoms with van der Waals surface area (Å²) in [5.41, 5.74) is 1.12. The zero-order valence-corrected chi connectivity index (χ0v) is 12.7. The fraction of sp³-hybridized carbons (Fsp3) is 0.438. The first-order valence-corrected chi connectivity index (χ1v) is 7.19. The van der Waals surface area contributed by atoms with Crippen LogP contribution < -0.4 is 5.32 Å². The third-order valence-electron chi connectivity index (χ3n) is 3.28. The van der Waals surface area contributed by atoms with E-state index in [1.807, 2.05) is 30.3 Å². The van der Waals surface area contributed by atoms with Gasteiger partial charge in [-0.3, -0.25) is 4.79 Å². The first-order valence-electron chi connectivity index (χ1n) is 7.19. The fourth-order valence-corrected chi connectivity index (χ4v) is 2.20. The second kappa shape index (κ2) is 7.02. The molecule has 1 N–H and O–H groups in total. The summed E-state index contributed by atoms with van der Waals surface area (Å²) in [6.45, 7) is 5.95. The number of rotatable bonds is 6. The van der Waals surface area contributed by atoms with Crippen LogP contribution in [0, 0.1) is 12.8 Å². The van der Waals surface area contributed by atoms with Gasteiger partial charge in [0.1, 0.15) is 0 Å². The molecular formula is C16H21N3O2. The summed E-state index contributed by atoms with van der Waals surface area (Å²) in [4.78, 5) is 16.2. The Bertz CT molecular complexity index is 578. The molecule has 1 amide bonds. The molecule has 0 spiro atoms. The predicted octanol–water partition coefficient (Wildman–Crippen LogP) is 2.82. The zero-order chi connectivity index (χ0) is 15.2. The number of aromatic nitrogens is 2. The highest BCUT2D eigenvalue weighted by Gasteiger charge is 2.18. The molecule has 0 aliphatic heterocycles. The zero-order valence-electron chi connectivity index (χ0n) is 12.7. The van der Waals surface area contributed by atoms with Crippen molar-refractivity contribution in [2.24, 2.45) is 5.92 Å². The molecule has 0 fully saturated rings. The van der Waals surface area contributed by atoms with E-state index in [1.165, 1.54) is 0 Å². The summed E-state index contributed by atoms with van der Waals surface area (Å²) in [6.07, 6.45) is 0.809. The Morgan fingerprint density at radius 3 is 2.57 bits per heavy atom. The van der Waals surface area contributed by atoms with E-state index >= 15 is 0 Å². The van der Waals surface area contributed by atoms with Crippen molar-refractivity contribution in [3.63, 3.8) is 0 Å². The average Bonchev–Trinajstić information content (AvgIpc) is 2.89. The van der Waals surface area contributed by atoms with Gasteiger partial charge in [-0.05, 0) is 18.4 Å². The van der Waals surface area contributed by atoms with E-state index in [4.69, 9.17) is 4.52 Å². The average molecular weight is 287 g/mol. The number of benzene rings is 1. The molecule has 0 saturated carbocycles. The number of hydrogen-bond donors (Lipinski definition) is 1. The van der Waals surface area contributed by atoms with E-state index in [9.17, 15) is 4.79 Å². The lowest BCUT2D eigenvalue weighted by atomic mass is 9.96. The van der Waals surface area contributed by atoms with Crippen LogP contribution in [0.4, 0.5) is 0 Å². The van der Waals surface area contributed by atoms with Crippen molar-refractivity contribution in [2.45, 2.75) is 39.7 Å². The number of amides is 1. The van der Waals surface area contributed by atoms with Gasteiger partial charge in [-0.1, -0.05) is 49.3 Å². The summed E-state index contributed by atoms with van der Waals surface area (Å²) < 4.78 is 5.01. The smallest absolute Gasteiger partial charge is 0.227 e. The maximum Gasteiger partial charge on any atom is 0.227 e. The standard InChI is InChI=1S/C16H21N3O2/c1-11(2)16(13-7-5-4-6-8-13)18-14(20)9-10-15-17-12(3)19-21-15/h4-8,11,16H,9-10H2,1-3H3,(H,18,20). The number of nitrogens with one attached hydrogen (secondary N) is 1. The van der Waals surface area contributed by atoms with E-state index in [1.54, 1.807) is 6.92 Å². The summed E-state index contributed by atoms with van der Waals surface area (Å²) in [5.74, 6) is 1.41. The molecular weight excluding hydrogens is 266 g/mol. The Labute approximate surface area is 124 Å². The minimum absolute atomic E-state index is 0.00611. The van der Waals surface area contributed by atoms with Crippen molar-refractivity contribution in [1.82, 2.24) is 15.5 Å². The first kappa shape index (κ1) is 15.2. The molecule has 1 aromatic carbocycles. The van der Waals surface area contributed by atoms with Gasteiger partial charge in [0.15, 0.2) is 5.82 Å². The molecule has 1 aromatic heterocycles. The summed E-state index contributed by atoms with van der Waals surface area (Å²) in [5, 5.41) is 6.79. The molecule has 0 bridgehead atoms. The third kappa shape index (κ3) is 4.41. The number of nitrogens with zero attached hydrogens (tertiary/aromatic N) is 2. The summed E-state index contributed by atoms with van der Waals surface area (Å²) in [7, 11) is 0. The van der Waals surface area contributed by atoms with Gasteiger partial charge in [-0.25, -0.2) is 0 Å². The summed E-state index contributed by atoms with van der Waals surface area (Å²) >= 11 is 0. The van der Waals surface area contributed by atoms with Gasteiger partial charge < -0.3 is 9.84 Å². The maximum absolute atomic E-state index is 12.1. The van der Waals surface area contributed by atoms with Gasteiger partial charge in [-0.15, -0.1) is 0 Å². The minimum Gasteiger partial charge on any atom is -0.349 e. The van der Waals surface area contributed by atoms with E-state index < -0.39 is 0 Å². The van der Waals surface area contributed by atoms with Gasteiger partial charge in [0.25, 0.3) is 0 Å². The number of carbonyl (C=O) groups is 1. The lowest BCUT2D eigenvalue weighted by Gasteiger charge is -2.22. The molecule has 0 aliphatic rings. The van der Waals surface area contributed by atoms with Crippen LogP contribution in [0.5, 0.6) is 0 Å². The maximum atomic E-state index is 12.1. The Kier molecular flexibility index (Phi) is 5.09. The lowest BCUT2D eigenvalue weighted by molar-refractivity contribution is -0.122. The Morgan fingerprint density at radius 2 is 2.00 bits per heavy atom. The van der Waals surface area contributed by atoms with Gasteiger partial charge in [0.05, 0.1) is 6.04 Å². The van der Waals surface area contributed by atoms with Crippen LogP contribution in [0.3, 0.4) is 0 Å². The molecule has 21 heavy (non-hydrogen) atoms. The van der Waals surface area contributed by atoms with E-state index in [0.717, 1.165) is 5.56 Å². The SMILES string of the molecule is Cc1noc(CCC(=O)NC(c2ccccc2)C(C)C)n1. The van der Waals surface area contributed by atoms with Crippen LogP contribution in [0.2, 0.25) is 0 Å². The lowest BCUT2D eigenvalue weighted by Crippen LogP contribution is -2.31. The quantitative estimate of drug-likeness (QED) is 0.887. The van der Waals surface area contributed by atoms with Gasteiger partial charge >= 0.3 is 0 Å². The van der Waals surface area contributed by atoms with E-state index in [2.05, 4.69) is 29.3 Å². The predicted molar refractivity (Wildman–Crippen MR) is 79.5 cm³/mol. The topological polar surface area (TPSA) is 68.0 Å². The molecule has 1 unspecified atom stereocenters. The van der Waals surface area contributed by atoms with Gasteiger partial charge in [0.2, 0.25) is 11.8 Å². The number of aryl methyl sites for hydroxylation is 2. The normalized spacial score (nSPS) is 12.4. The molecule has 5 heteroatoms. The molecule has 0 aliphatic carbocycles. The number of hydrogen-bond acceptors (Lipinski definition) is 4. The van der Waals surface area contributed by atoms with Crippen molar-refractivity contribution in [1.29, 1.82) is 0 Å². The molecule has 1 atom stereocenters. The van der Waals surface area contributed by atoms with Crippen LogP contribution in [0.15, 0.2) is 34.9 Å². The second-order valence-corrected chi connectivity index (χ2v) is 5.44. The van der Waals surface area contributed by atoms with Crippen LogP contribution in [0.25, 0.3) is 0 Å². The van der Waals surface area contributed by atoms with E-state index in [0.29, 0.717) is 30.5 Å². The molecule has 2 aromatic rings. The molecule has 2 rings (SSSR count). The van der Waals surface area contributed by atoms with Crippen molar-refractivity contribution < 1.29 is 9.32 Å². The molecule has 1 heterocycles. The third-order valence-corrected chi connectivity index (χ3v) is 3.28. The molecule has 0 saturated heterocycles. The monoisotopic (exact) mass is 287 g/mol. The summed E-state index contributed by atoms with van der Waals surface area (Å²) in [6, 6.07) is 10.0. The van der Waals surface area contributed by atoms with Gasteiger partial charge in [-0.2, -0.15) is 4.98 Å². The van der Waals surface area contributed by atoms with Crippen molar-refractivity contribution in [3.8, 4) is 0 Å². The van der Waals surface area contributed by atoms with E-state index in [-0.39, 0.29) is 11.9 Å². The second-order valence-electron chi connectivity index (χ2n) is 5.44.